The summed E-state index contributed by atoms with van der Waals surface area (Å²) >= 11 is 1.02. The lowest BCUT2D eigenvalue weighted by Crippen LogP contribution is -2.38. The Morgan fingerprint density at radius 2 is 1.76 bits per heavy atom. The SMILES string of the molecule is CN=C(NCCCc1ccc(N(C)C)cc1)NCCc1nc(C(F)(F)F)cs1.I. The topological polar surface area (TPSA) is 52.6 Å². The fraction of sp³-hybridized carbons (Fsp3) is 0.474. The molecule has 2 N–H and O–H groups in total. The molecule has 1 heterocycles. The molecule has 0 spiro atoms. The van der Waals surface area contributed by atoms with Crippen molar-refractivity contribution in [1.29, 1.82) is 0 Å². The van der Waals surface area contributed by atoms with Gasteiger partial charge in [-0.3, -0.25) is 4.99 Å². The summed E-state index contributed by atoms with van der Waals surface area (Å²) in [4.78, 5) is 9.82. The van der Waals surface area contributed by atoms with E-state index in [1.54, 1.807) is 7.05 Å². The van der Waals surface area contributed by atoms with Gasteiger partial charge in [-0.2, -0.15) is 13.2 Å². The molecule has 10 heteroatoms. The van der Waals surface area contributed by atoms with Gasteiger partial charge in [0.2, 0.25) is 0 Å². The lowest BCUT2D eigenvalue weighted by molar-refractivity contribution is -0.140. The molecule has 0 aliphatic carbocycles. The third kappa shape index (κ3) is 8.77. The van der Waals surface area contributed by atoms with Gasteiger partial charge in [-0.05, 0) is 30.5 Å². The summed E-state index contributed by atoms with van der Waals surface area (Å²) in [5.41, 5.74) is 1.63. The monoisotopic (exact) mass is 541 g/mol. The number of nitrogens with zero attached hydrogens (tertiary/aromatic N) is 3. The number of hydrogen-bond acceptors (Lipinski definition) is 4. The zero-order valence-electron chi connectivity index (χ0n) is 16.7. The van der Waals surface area contributed by atoms with Crippen molar-refractivity contribution in [3.05, 3.63) is 45.9 Å². The van der Waals surface area contributed by atoms with E-state index in [1.165, 1.54) is 11.3 Å². The Bertz CT molecular complexity index is 760. The minimum Gasteiger partial charge on any atom is -0.378 e. The van der Waals surface area contributed by atoms with Gasteiger partial charge in [0.25, 0.3) is 0 Å². The maximum atomic E-state index is 12.6. The molecular formula is C19H27F3IN5S. The Morgan fingerprint density at radius 1 is 1.10 bits per heavy atom. The molecule has 0 unspecified atom stereocenters. The number of thiazole rings is 1. The van der Waals surface area contributed by atoms with E-state index >= 15 is 0 Å². The van der Waals surface area contributed by atoms with Crippen LogP contribution >= 0.6 is 35.3 Å². The molecule has 2 aromatic rings. The highest BCUT2D eigenvalue weighted by Gasteiger charge is 2.33. The Hall–Kier alpha value is -1.56. The van der Waals surface area contributed by atoms with Crippen LogP contribution in [0.5, 0.6) is 0 Å². The number of halogens is 4. The second kappa shape index (κ2) is 12.2. The van der Waals surface area contributed by atoms with Crippen LogP contribution in [-0.2, 0) is 19.0 Å². The zero-order valence-corrected chi connectivity index (χ0v) is 19.9. The van der Waals surface area contributed by atoms with Crippen LogP contribution in [0.15, 0.2) is 34.6 Å². The van der Waals surface area contributed by atoms with Crippen molar-refractivity contribution in [1.82, 2.24) is 15.6 Å². The minimum absolute atomic E-state index is 0. The molecule has 0 radical (unpaired) electrons. The lowest BCUT2D eigenvalue weighted by Gasteiger charge is -2.13. The summed E-state index contributed by atoms with van der Waals surface area (Å²) < 4.78 is 37.7. The predicted molar refractivity (Wildman–Crippen MR) is 125 cm³/mol. The van der Waals surface area contributed by atoms with Crippen LogP contribution in [0, 0.1) is 0 Å². The number of anilines is 1. The van der Waals surface area contributed by atoms with Crippen molar-refractivity contribution in [2.75, 3.05) is 39.1 Å². The Labute approximate surface area is 190 Å². The van der Waals surface area contributed by atoms with Crippen molar-refractivity contribution in [2.24, 2.45) is 4.99 Å². The Morgan fingerprint density at radius 3 is 2.31 bits per heavy atom. The molecule has 1 aromatic heterocycles. The molecule has 0 fully saturated rings. The second-order valence-corrected chi connectivity index (χ2v) is 7.41. The molecule has 0 bridgehead atoms. The van der Waals surface area contributed by atoms with Crippen molar-refractivity contribution < 1.29 is 13.2 Å². The Kier molecular flexibility index (Phi) is 10.7. The molecule has 5 nitrogen and oxygen atoms in total. The number of aliphatic imine (C=N–C) groups is 1. The van der Waals surface area contributed by atoms with Gasteiger partial charge in [0, 0.05) is 51.7 Å². The number of rotatable bonds is 8. The number of aryl methyl sites for hydroxylation is 1. The average molecular weight is 541 g/mol. The highest BCUT2D eigenvalue weighted by molar-refractivity contribution is 14.0. The van der Waals surface area contributed by atoms with Crippen LogP contribution in [0.3, 0.4) is 0 Å². The molecule has 0 aliphatic rings. The molecule has 2 rings (SSSR count). The maximum Gasteiger partial charge on any atom is 0.434 e. The number of hydrogen-bond donors (Lipinski definition) is 2. The van der Waals surface area contributed by atoms with E-state index in [2.05, 4.69) is 49.8 Å². The van der Waals surface area contributed by atoms with Crippen LogP contribution in [0.4, 0.5) is 18.9 Å². The van der Waals surface area contributed by atoms with Gasteiger partial charge in [0.15, 0.2) is 11.7 Å². The minimum atomic E-state index is -4.38. The number of aromatic nitrogens is 1. The van der Waals surface area contributed by atoms with Crippen LogP contribution in [0.25, 0.3) is 0 Å². The van der Waals surface area contributed by atoms with Crippen LogP contribution < -0.4 is 15.5 Å². The van der Waals surface area contributed by atoms with E-state index < -0.39 is 11.9 Å². The van der Waals surface area contributed by atoms with Gasteiger partial charge in [-0.1, -0.05) is 12.1 Å². The first-order chi connectivity index (χ1) is 13.3. The highest BCUT2D eigenvalue weighted by Crippen LogP contribution is 2.29. The van der Waals surface area contributed by atoms with Crippen molar-refractivity contribution in [3.63, 3.8) is 0 Å². The largest absolute Gasteiger partial charge is 0.434 e. The van der Waals surface area contributed by atoms with Crippen LogP contribution in [0.2, 0.25) is 0 Å². The quantitative estimate of drug-likeness (QED) is 0.228. The second-order valence-electron chi connectivity index (χ2n) is 6.46. The first-order valence-electron chi connectivity index (χ1n) is 9.02. The standard InChI is InChI=1S/C19H26F3N5S.HI/c1-23-18(25-12-10-17-26-16(13-28-17)19(20,21)22)24-11-4-5-14-6-8-15(9-7-14)27(2)3;/h6-9,13H,4-5,10-12H2,1-3H3,(H2,23,24,25);1H. The highest BCUT2D eigenvalue weighted by atomic mass is 127. The molecule has 29 heavy (non-hydrogen) atoms. The molecule has 0 saturated carbocycles. The van der Waals surface area contributed by atoms with E-state index in [9.17, 15) is 13.2 Å². The van der Waals surface area contributed by atoms with Gasteiger partial charge in [-0.25, -0.2) is 4.98 Å². The van der Waals surface area contributed by atoms with Gasteiger partial charge in [0.1, 0.15) is 0 Å². The molecule has 0 aliphatic heterocycles. The summed E-state index contributed by atoms with van der Waals surface area (Å²) in [7, 11) is 5.70. The molecular weight excluding hydrogens is 514 g/mol. The fourth-order valence-corrected chi connectivity index (χ4v) is 3.33. The zero-order chi connectivity index (χ0) is 20.6. The Balaban J connectivity index is 0.00000420. The van der Waals surface area contributed by atoms with Crippen molar-refractivity contribution >= 4 is 47.0 Å². The third-order valence-electron chi connectivity index (χ3n) is 4.08. The van der Waals surface area contributed by atoms with E-state index in [1.807, 2.05) is 14.1 Å². The van der Waals surface area contributed by atoms with E-state index in [0.717, 1.165) is 36.1 Å². The van der Waals surface area contributed by atoms with Crippen LogP contribution in [0.1, 0.15) is 22.7 Å². The molecule has 1 aromatic carbocycles. The normalized spacial score (nSPS) is 11.7. The molecule has 0 amide bonds. The van der Waals surface area contributed by atoms with Crippen LogP contribution in [-0.4, -0.2) is 45.2 Å². The summed E-state index contributed by atoms with van der Waals surface area (Å²) in [5.74, 6) is 0.635. The summed E-state index contributed by atoms with van der Waals surface area (Å²) in [5, 5.41) is 7.83. The van der Waals surface area contributed by atoms with E-state index in [4.69, 9.17) is 0 Å². The van der Waals surface area contributed by atoms with Crippen molar-refractivity contribution in [3.8, 4) is 0 Å². The number of alkyl halides is 3. The number of guanidine groups is 1. The van der Waals surface area contributed by atoms with Gasteiger partial charge in [0.05, 0.1) is 5.01 Å². The number of nitrogens with one attached hydrogen (secondary N) is 2. The van der Waals surface area contributed by atoms with Gasteiger partial charge in [-0.15, -0.1) is 35.3 Å². The lowest BCUT2D eigenvalue weighted by atomic mass is 10.1. The summed E-state index contributed by atoms with van der Waals surface area (Å²) in [6.07, 6.45) is -2.06. The number of benzene rings is 1. The summed E-state index contributed by atoms with van der Waals surface area (Å²) in [6.45, 7) is 1.22. The maximum absolute atomic E-state index is 12.6. The molecule has 162 valence electrons. The van der Waals surface area contributed by atoms with Crippen molar-refractivity contribution in [2.45, 2.75) is 25.4 Å². The van der Waals surface area contributed by atoms with Gasteiger partial charge < -0.3 is 15.5 Å². The molecule has 0 atom stereocenters. The third-order valence-corrected chi connectivity index (χ3v) is 4.99. The van der Waals surface area contributed by atoms with E-state index in [0.29, 0.717) is 23.9 Å². The fourth-order valence-electron chi connectivity index (χ4n) is 2.52. The summed E-state index contributed by atoms with van der Waals surface area (Å²) in [6, 6.07) is 8.47. The average Bonchev–Trinajstić information content (AvgIpc) is 3.13. The predicted octanol–water partition coefficient (Wildman–Crippen LogP) is 4.19. The van der Waals surface area contributed by atoms with Gasteiger partial charge >= 0.3 is 6.18 Å². The first-order valence-corrected chi connectivity index (χ1v) is 9.90. The van der Waals surface area contributed by atoms with E-state index in [-0.39, 0.29) is 24.0 Å². The smallest absolute Gasteiger partial charge is 0.378 e. The molecule has 0 saturated heterocycles. The first kappa shape index (κ1) is 25.5.